The summed E-state index contributed by atoms with van der Waals surface area (Å²) in [6, 6.07) is 9.64. The summed E-state index contributed by atoms with van der Waals surface area (Å²) in [5, 5.41) is 0. The van der Waals surface area contributed by atoms with Crippen LogP contribution in [-0.4, -0.2) is 40.0 Å². The van der Waals surface area contributed by atoms with Crippen LogP contribution in [0.5, 0.6) is 6.01 Å². The van der Waals surface area contributed by atoms with Crippen molar-refractivity contribution in [3.63, 3.8) is 0 Å². The van der Waals surface area contributed by atoms with E-state index < -0.39 is 0 Å². The van der Waals surface area contributed by atoms with E-state index in [1.54, 1.807) is 18.5 Å². The Hall–Kier alpha value is -1.95. The average Bonchev–Trinajstić information content (AvgIpc) is 2.56. The fourth-order valence-electron chi connectivity index (χ4n) is 2.48. The number of hydrogen-bond donors (Lipinski definition) is 0. The number of carbonyl (C=O) groups is 1. The van der Waals surface area contributed by atoms with Crippen LogP contribution in [0.3, 0.4) is 0 Å². The third kappa shape index (κ3) is 3.62. The molecule has 0 bridgehead atoms. The summed E-state index contributed by atoms with van der Waals surface area (Å²) in [4.78, 5) is 22.5. The first kappa shape index (κ1) is 15.0. The van der Waals surface area contributed by atoms with Gasteiger partial charge in [-0.3, -0.25) is 4.79 Å². The molecule has 1 aromatic heterocycles. The number of nitrogens with zero attached hydrogens (tertiary/aromatic N) is 3. The zero-order valence-corrected chi connectivity index (χ0v) is 13.6. The number of aromatic nitrogens is 2. The van der Waals surface area contributed by atoms with Crippen LogP contribution in [0.25, 0.3) is 0 Å². The molecule has 1 aromatic carbocycles. The van der Waals surface area contributed by atoms with Gasteiger partial charge in [0, 0.05) is 48.4 Å². The maximum Gasteiger partial charge on any atom is 0.316 e. The van der Waals surface area contributed by atoms with Gasteiger partial charge in [0.1, 0.15) is 6.10 Å². The Morgan fingerprint density at radius 3 is 2.59 bits per heavy atom. The van der Waals surface area contributed by atoms with E-state index in [9.17, 15) is 4.79 Å². The predicted molar refractivity (Wildman–Crippen MR) is 85.7 cm³/mol. The first-order chi connectivity index (χ1) is 10.7. The molecule has 0 aliphatic carbocycles. The van der Waals surface area contributed by atoms with Gasteiger partial charge >= 0.3 is 6.01 Å². The quantitative estimate of drug-likeness (QED) is 0.843. The Balaban J connectivity index is 1.56. The Labute approximate surface area is 137 Å². The minimum absolute atomic E-state index is 0.0639. The molecule has 0 N–H and O–H groups in total. The number of amides is 1. The van der Waals surface area contributed by atoms with Gasteiger partial charge in [-0.15, -0.1) is 0 Å². The Morgan fingerprint density at radius 2 is 1.91 bits per heavy atom. The van der Waals surface area contributed by atoms with Crippen molar-refractivity contribution in [3.8, 4) is 6.01 Å². The molecular weight excluding hydrogens is 346 g/mol. The molecule has 0 radical (unpaired) electrons. The predicted octanol–water partition coefficient (Wildman–Crippen LogP) is 2.92. The van der Waals surface area contributed by atoms with Gasteiger partial charge in [-0.25, -0.2) is 9.97 Å². The van der Waals surface area contributed by atoms with Crippen molar-refractivity contribution in [3.05, 3.63) is 52.8 Å². The summed E-state index contributed by atoms with van der Waals surface area (Å²) in [6.45, 7) is 1.37. The fraction of sp³-hybridized carbons (Fsp3) is 0.312. The van der Waals surface area contributed by atoms with E-state index >= 15 is 0 Å². The van der Waals surface area contributed by atoms with Crippen LogP contribution in [0.1, 0.15) is 23.2 Å². The maximum atomic E-state index is 12.5. The number of rotatable bonds is 3. The molecule has 0 spiro atoms. The van der Waals surface area contributed by atoms with Crippen LogP contribution >= 0.6 is 15.9 Å². The lowest BCUT2D eigenvalue weighted by molar-refractivity contribution is 0.0578. The van der Waals surface area contributed by atoms with E-state index in [1.807, 2.05) is 29.2 Å². The molecule has 1 fully saturated rings. The van der Waals surface area contributed by atoms with Crippen molar-refractivity contribution in [2.75, 3.05) is 13.1 Å². The summed E-state index contributed by atoms with van der Waals surface area (Å²) < 4.78 is 6.66. The third-order valence-electron chi connectivity index (χ3n) is 3.61. The van der Waals surface area contributed by atoms with Crippen molar-refractivity contribution >= 4 is 21.8 Å². The average molecular weight is 362 g/mol. The van der Waals surface area contributed by atoms with E-state index in [0.29, 0.717) is 24.7 Å². The van der Waals surface area contributed by atoms with Crippen molar-refractivity contribution < 1.29 is 9.53 Å². The molecule has 22 heavy (non-hydrogen) atoms. The van der Waals surface area contributed by atoms with Crippen LogP contribution in [0, 0.1) is 0 Å². The highest BCUT2D eigenvalue weighted by Crippen LogP contribution is 2.19. The molecule has 0 saturated carbocycles. The third-order valence-corrected chi connectivity index (χ3v) is 4.11. The van der Waals surface area contributed by atoms with Crippen LogP contribution in [0.4, 0.5) is 0 Å². The highest BCUT2D eigenvalue weighted by Gasteiger charge is 2.25. The van der Waals surface area contributed by atoms with Crippen LogP contribution in [0.15, 0.2) is 47.2 Å². The molecule has 114 valence electrons. The van der Waals surface area contributed by atoms with Crippen LogP contribution in [-0.2, 0) is 0 Å². The molecule has 2 aromatic rings. The lowest BCUT2D eigenvalue weighted by Crippen LogP contribution is -2.41. The van der Waals surface area contributed by atoms with Crippen molar-refractivity contribution in [2.45, 2.75) is 18.9 Å². The highest BCUT2D eigenvalue weighted by atomic mass is 79.9. The van der Waals surface area contributed by atoms with Gasteiger partial charge in [-0.1, -0.05) is 22.0 Å². The lowest BCUT2D eigenvalue weighted by atomic mass is 10.1. The van der Waals surface area contributed by atoms with Gasteiger partial charge in [-0.05, 0) is 24.3 Å². The summed E-state index contributed by atoms with van der Waals surface area (Å²) in [7, 11) is 0. The summed E-state index contributed by atoms with van der Waals surface area (Å²) in [5.41, 5.74) is 0.708. The molecule has 1 amide bonds. The number of hydrogen-bond acceptors (Lipinski definition) is 4. The maximum absolute atomic E-state index is 12.5. The van der Waals surface area contributed by atoms with Gasteiger partial charge < -0.3 is 9.64 Å². The van der Waals surface area contributed by atoms with Gasteiger partial charge in [0.15, 0.2) is 0 Å². The second-order valence-corrected chi connectivity index (χ2v) is 6.07. The van der Waals surface area contributed by atoms with Crippen molar-refractivity contribution in [1.82, 2.24) is 14.9 Å². The molecule has 1 aliphatic heterocycles. The zero-order chi connectivity index (χ0) is 15.4. The van der Waals surface area contributed by atoms with Crippen molar-refractivity contribution in [1.29, 1.82) is 0 Å². The minimum atomic E-state index is 0.0639. The lowest BCUT2D eigenvalue weighted by Gasteiger charge is -2.31. The van der Waals surface area contributed by atoms with Crippen molar-refractivity contribution in [2.24, 2.45) is 0 Å². The molecule has 5 nitrogen and oxygen atoms in total. The number of piperidine rings is 1. The largest absolute Gasteiger partial charge is 0.460 e. The van der Waals surface area contributed by atoms with E-state index in [-0.39, 0.29) is 12.0 Å². The molecule has 0 atom stereocenters. The second kappa shape index (κ2) is 6.87. The molecule has 1 aliphatic rings. The SMILES string of the molecule is O=C(c1cccc(Br)c1)N1CCC(Oc2ncccn2)CC1. The molecule has 6 heteroatoms. The van der Waals surface area contributed by atoms with E-state index in [1.165, 1.54) is 0 Å². The first-order valence-electron chi connectivity index (χ1n) is 7.21. The molecule has 2 heterocycles. The summed E-state index contributed by atoms with van der Waals surface area (Å²) in [6.07, 6.45) is 4.97. The Kier molecular flexibility index (Phi) is 4.68. The first-order valence-corrected chi connectivity index (χ1v) is 8.00. The standard InChI is InChI=1S/C16H16BrN3O2/c17-13-4-1-3-12(11-13)15(21)20-9-5-14(6-10-20)22-16-18-7-2-8-19-16/h1-4,7-8,11,14H,5-6,9-10H2. The van der Waals surface area contributed by atoms with Gasteiger partial charge in [-0.2, -0.15) is 0 Å². The van der Waals surface area contributed by atoms with E-state index in [2.05, 4.69) is 25.9 Å². The Bertz CT molecular complexity index is 643. The van der Waals surface area contributed by atoms with Crippen LogP contribution in [0.2, 0.25) is 0 Å². The normalized spacial score (nSPS) is 15.6. The number of benzene rings is 1. The monoisotopic (exact) mass is 361 g/mol. The Morgan fingerprint density at radius 1 is 1.18 bits per heavy atom. The zero-order valence-electron chi connectivity index (χ0n) is 12.0. The number of halogens is 1. The smallest absolute Gasteiger partial charge is 0.316 e. The van der Waals surface area contributed by atoms with Gasteiger partial charge in [0.2, 0.25) is 0 Å². The summed E-state index contributed by atoms with van der Waals surface area (Å²) >= 11 is 3.40. The number of likely N-dealkylation sites (tertiary alicyclic amines) is 1. The van der Waals surface area contributed by atoms with Gasteiger partial charge in [0.25, 0.3) is 5.91 Å². The van der Waals surface area contributed by atoms with Crippen LogP contribution < -0.4 is 4.74 Å². The number of ether oxygens (including phenoxy) is 1. The summed E-state index contributed by atoms with van der Waals surface area (Å²) in [5.74, 6) is 0.0655. The molecular formula is C16H16BrN3O2. The highest BCUT2D eigenvalue weighted by molar-refractivity contribution is 9.10. The number of carbonyl (C=O) groups excluding carboxylic acids is 1. The van der Waals surface area contributed by atoms with E-state index in [4.69, 9.17) is 4.74 Å². The molecule has 3 rings (SSSR count). The molecule has 0 unspecified atom stereocenters. The molecule has 1 saturated heterocycles. The topological polar surface area (TPSA) is 55.3 Å². The second-order valence-electron chi connectivity index (χ2n) is 5.15. The fourth-order valence-corrected chi connectivity index (χ4v) is 2.88. The minimum Gasteiger partial charge on any atom is -0.460 e. The van der Waals surface area contributed by atoms with Gasteiger partial charge in [0.05, 0.1) is 0 Å². The van der Waals surface area contributed by atoms with E-state index in [0.717, 1.165) is 17.3 Å².